The second-order valence-corrected chi connectivity index (χ2v) is 8.21. The van der Waals surface area contributed by atoms with Crippen molar-refractivity contribution in [3.8, 4) is 0 Å². The monoisotopic (exact) mass is 376 g/mol. The van der Waals surface area contributed by atoms with Gasteiger partial charge >= 0.3 is 0 Å². The average molecular weight is 376 g/mol. The topological polar surface area (TPSA) is 62.2 Å². The number of benzene rings is 2. The SMILES string of the molecule is CC(C)(C)c1ccc(C(O)CNC(=O)CCc2cncc3ccccc23)cc1. The van der Waals surface area contributed by atoms with Crippen molar-refractivity contribution in [1.82, 2.24) is 10.3 Å². The molecule has 28 heavy (non-hydrogen) atoms. The van der Waals surface area contributed by atoms with Crippen molar-refractivity contribution in [2.45, 2.75) is 45.1 Å². The molecule has 1 atom stereocenters. The number of rotatable bonds is 6. The third-order valence-corrected chi connectivity index (χ3v) is 5.03. The van der Waals surface area contributed by atoms with Gasteiger partial charge in [0.15, 0.2) is 0 Å². The number of nitrogens with one attached hydrogen (secondary N) is 1. The van der Waals surface area contributed by atoms with Crippen LogP contribution in [0.4, 0.5) is 0 Å². The highest BCUT2D eigenvalue weighted by molar-refractivity contribution is 5.85. The van der Waals surface area contributed by atoms with Gasteiger partial charge in [0.05, 0.1) is 6.10 Å². The van der Waals surface area contributed by atoms with Crippen molar-refractivity contribution in [2.75, 3.05) is 6.54 Å². The normalized spacial score (nSPS) is 12.7. The number of hydrogen-bond donors (Lipinski definition) is 2. The molecule has 1 aromatic heterocycles. The highest BCUT2D eigenvalue weighted by Crippen LogP contribution is 2.24. The standard InChI is InChI=1S/C24H28N2O2/c1-24(2,3)20-11-8-17(9-12-20)22(27)16-26-23(28)13-10-19-15-25-14-18-6-4-5-7-21(18)19/h4-9,11-12,14-15,22,27H,10,13,16H2,1-3H3,(H,26,28). The number of aliphatic hydroxyl groups is 1. The fourth-order valence-corrected chi connectivity index (χ4v) is 3.25. The van der Waals surface area contributed by atoms with Crippen molar-refractivity contribution in [1.29, 1.82) is 0 Å². The van der Waals surface area contributed by atoms with Gasteiger partial charge in [0.1, 0.15) is 0 Å². The van der Waals surface area contributed by atoms with Gasteiger partial charge < -0.3 is 10.4 Å². The molecule has 0 saturated heterocycles. The molecule has 1 unspecified atom stereocenters. The number of carbonyl (C=O) groups is 1. The second-order valence-electron chi connectivity index (χ2n) is 8.21. The minimum absolute atomic E-state index is 0.0710. The van der Waals surface area contributed by atoms with Crippen LogP contribution in [0.1, 0.15) is 50.0 Å². The quantitative estimate of drug-likeness (QED) is 0.674. The van der Waals surface area contributed by atoms with E-state index in [0.717, 1.165) is 21.9 Å². The minimum Gasteiger partial charge on any atom is -0.387 e. The number of amides is 1. The lowest BCUT2D eigenvalue weighted by Crippen LogP contribution is -2.28. The Bertz CT molecular complexity index is 937. The summed E-state index contributed by atoms with van der Waals surface area (Å²) in [6.45, 7) is 6.68. The molecule has 0 aliphatic rings. The van der Waals surface area contributed by atoms with Crippen molar-refractivity contribution >= 4 is 16.7 Å². The van der Waals surface area contributed by atoms with Crippen molar-refractivity contribution < 1.29 is 9.90 Å². The van der Waals surface area contributed by atoms with E-state index in [1.165, 1.54) is 5.56 Å². The summed E-state index contributed by atoms with van der Waals surface area (Å²) in [6, 6.07) is 16.0. The number of hydrogen-bond acceptors (Lipinski definition) is 3. The van der Waals surface area contributed by atoms with Crippen molar-refractivity contribution in [3.63, 3.8) is 0 Å². The molecular weight excluding hydrogens is 348 g/mol. The molecule has 1 amide bonds. The summed E-state index contributed by atoms with van der Waals surface area (Å²) in [5, 5.41) is 15.4. The van der Waals surface area contributed by atoms with Gasteiger partial charge in [0, 0.05) is 30.7 Å². The maximum Gasteiger partial charge on any atom is 0.220 e. The molecule has 4 heteroatoms. The maximum atomic E-state index is 12.2. The largest absolute Gasteiger partial charge is 0.387 e. The minimum atomic E-state index is -0.711. The smallest absolute Gasteiger partial charge is 0.220 e. The van der Waals surface area contributed by atoms with Gasteiger partial charge in [-0.05, 0) is 33.9 Å². The number of nitrogens with zero attached hydrogens (tertiary/aromatic N) is 1. The van der Waals surface area contributed by atoms with E-state index in [1.807, 2.05) is 54.9 Å². The Labute approximate surface area is 166 Å². The zero-order valence-corrected chi connectivity index (χ0v) is 16.8. The molecule has 2 N–H and O–H groups in total. The van der Waals surface area contributed by atoms with E-state index >= 15 is 0 Å². The summed E-state index contributed by atoms with van der Waals surface area (Å²) in [4.78, 5) is 16.5. The lowest BCUT2D eigenvalue weighted by molar-refractivity contribution is -0.121. The Morgan fingerprint density at radius 2 is 1.79 bits per heavy atom. The van der Waals surface area contributed by atoms with Gasteiger partial charge in [-0.3, -0.25) is 9.78 Å². The van der Waals surface area contributed by atoms with Gasteiger partial charge in [-0.25, -0.2) is 0 Å². The molecule has 3 aromatic rings. The molecule has 0 spiro atoms. The predicted octanol–water partition coefficient (Wildman–Crippen LogP) is 4.31. The molecule has 1 heterocycles. The second kappa shape index (κ2) is 8.53. The number of pyridine rings is 1. The number of fused-ring (bicyclic) bond motifs is 1. The highest BCUT2D eigenvalue weighted by atomic mass is 16.3. The Balaban J connectivity index is 1.52. The number of carbonyl (C=O) groups excluding carboxylic acids is 1. The molecule has 2 aromatic carbocycles. The average Bonchev–Trinajstić information content (AvgIpc) is 2.69. The Kier molecular flexibility index (Phi) is 6.10. The molecule has 0 fully saturated rings. The van der Waals surface area contributed by atoms with Crippen LogP contribution in [0.25, 0.3) is 10.8 Å². The molecule has 0 radical (unpaired) electrons. The van der Waals surface area contributed by atoms with Gasteiger partial charge in [-0.1, -0.05) is 69.3 Å². The fraction of sp³-hybridized carbons (Fsp3) is 0.333. The van der Waals surface area contributed by atoms with Crippen LogP contribution in [0.2, 0.25) is 0 Å². The zero-order chi connectivity index (χ0) is 20.1. The van der Waals surface area contributed by atoms with Gasteiger partial charge in [-0.15, -0.1) is 0 Å². The van der Waals surface area contributed by atoms with Gasteiger partial charge in [0.2, 0.25) is 5.91 Å². The van der Waals surface area contributed by atoms with Crippen LogP contribution < -0.4 is 5.32 Å². The molecule has 0 aliphatic carbocycles. The van der Waals surface area contributed by atoms with E-state index < -0.39 is 6.10 Å². The number of aromatic nitrogens is 1. The lowest BCUT2D eigenvalue weighted by atomic mass is 9.86. The van der Waals surface area contributed by atoms with Crippen LogP contribution in [0.5, 0.6) is 0 Å². The molecule has 0 saturated carbocycles. The van der Waals surface area contributed by atoms with E-state index in [2.05, 4.69) is 37.1 Å². The Morgan fingerprint density at radius 1 is 1.07 bits per heavy atom. The number of aliphatic hydroxyl groups excluding tert-OH is 1. The summed E-state index contributed by atoms with van der Waals surface area (Å²) < 4.78 is 0. The first kappa shape index (κ1) is 20.0. The van der Waals surface area contributed by atoms with E-state index in [0.29, 0.717) is 12.8 Å². The summed E-state index contributed by atoms with van der Waals surface area (Å²) in [6.07, 6.45) is 3.93. The van der Waals surface area contributed by atoms with Crippen LogP contribution in [0.3, 0.4) is 0 Å². The zero-order valence-electron chi connectivity index (χ0n) is 16.8. The van der Waals surface area contributed by atoms with Crippen LogP contribution in [0.15, 0.2) is 60.9 Å². The molecule has 146 valence electrons. The van der Waals surface area contributed by atoms with Gasteiger partial charge in [-0.2, -0.15) is 0 Å². The first-order chi connectivity index (χ1) is 13.3. The Morgan fingerprint density at radius 3 is 2.50 bits per heavy atom. The van der Waals surface area contributed by atoms with Crippen LogP contribution in [-0.2, 0) is 16.6 Å². The molecular formula is C24H28N2O2. The summed E-state index contributed by atoms with van der Waals surface area (Å²) in [5.41, 5.74) is 3.17. The number of aryl methyl sites for hydroxylation is 1. The molecule has 4 nitrogen and oxygen atoms in total. The van der Waals surface area contributed by atoms with Crippen molar-refractivity contribution in [2.24, 2.45) is 0 Å². The highest BCUT2D eigenvalue weighted by Gasteiger charge is 2.15. The third-order valence-electron chi connectivity index (χ3n) is 5.03. The van der Waals surface area contributed by atoms with Crippen LogP contribution in [0, 0.1) is 0 Å². The predicted molar refractivity (Wildman–Crippen MR) is 113 cm³/mol. The Hall–Kier alpha value is -2.72. The van der Waals surface area contributed by atoms with Crippen LogP contribution >= 0.6 is 0 Å². The summed E-state index contributed by atoms with van der Waals surface area (Å²) >= 11 is 0. The summed E-state index contributed by atoms with van der Waals surface area (Å²) in [5.74, 6) is -0.0710. The fourth-order valence-electron chi connectivity index (χ4n) is 3.25. The lowest BCUT2D eigenvalue weighted by Gasteiger charge is -2.20. The molecule has 3 rings (SSSR count). The van der Waals surface area contributed by atoms with Gasteiger partial charge in [0.25, 0.3) is 0 Å². The third kappa shape index (κ3) is 4.96. The van der Waals surface area contributed by atoms with Crippen LogP contribution in [-0.4, -0.2) is 22.5 Å². The summed E-state index contributed by atoms with van der Waals surface area (Å²) in [7, 11) is 0. The van der Waals surface area contributed by atoms with E-state index in [1.54, 1.807) is 0 Å². The first-order valence-electron chi connectivity index (χ1n) is 9.71. The van der Waals surface area contributed by atoms with Crippen molar-refractivity contribution in [3.05, 3.63) is 77.6 Å². The first-order valence-corrected chi connectivity index (χ1v) is 9.71. The molecule has 0 bridgehead atoms. The van der Waals surface area contributed by atoms with E-state index in [9.17, 15) is 9.90 Å². The maximum absolute atomic E-state index is 12.2. The molecule has 0 aliphatic heterocycles. The van der Waals surface area contributed by atoms with E-state index in [4.69, 9.17) is 0 Å². The van der Waals surface area contributed by atoms with E-state index in [-0.39, 0.29) is 17.9 Å².